The van der Waals surface area contributed by atoms with Crippen molar-refractivity contribution in [2.45, 2.75) is 24.0 Å². The first-order chi connectivity index (χ1) is 9.49. The first kappa shape index (κ1) is 17.5. The molecule has 1 unspecified atom stereocenters. The number of oxime groups is 1. The van der Waals surface area contributed by atoms with Gasteiger partial charge in [0.2, 0.25) is 10.0 Å². The molecule has 21 heavy (non-hydrogen) atoms. The number of nitrogens with one attached hydrogen (secondary N) is 1. The number of hydrogen-bond donors (Lipinski definition) is 3. The normalized spacial score (nSPS) is 15.0. The van der Waals surface area contributed by atoms with Crippen LogP contribution in [0.3, 0.4) is 0 Å². The predicted octanol–water partition coefficient (Wildman–Crippen LogP) is 1.77. The molecule has 1 aromatic carbocycles. The molecule has 118 valence electrons. The van der Waals surface area contributed by atoms with Gasteiger partial charge in [-0.1, -0.05) is 16.8 Å². The first-order valence-corrected chi connectivity index (χ1v) is 7.21. The summed E-state index contributed by atoms with van der Waals surface area (Å²) in [4.78, 5) is -0.547. The molecule has 1 aromatic rings. The van der Waals surface area contributed by atoms with Gasteiger partial charge in [0.05, 0.1) is 16.6 Å². The Morgan fingerprint density at radius 3 is 2.48 bits per heavy atom. The number of rotatable bonds is 4. The van der Waals surface area contributed by atoms with E-state index in [9.17, 15) is 21.6 Å². The number of halogens is 4. The second-order valence-corrected chi connectivity index (χ2v) is 6.10. The summed E-state index contributed by atoms with van der Waals surface area (Å²) < 4.78 is 63.4. The Morgan fingerprint density at radius 1 is 1.48 bits per heavy atom. The topological polar surface area (TPSA) is 105 Å². The summed E-state index contributed by atoms with van der Waals surface area (Å²) in [6.45, 7) is 1.28. The van der Waals surface area contributed by atoms with Crippen molar-refractivity contribution in [3.05, 3.63) is 28.8 Å². The van der Waals surface area contributed by atoms with Crippen LogP contribution in [0.25, 0.3) is 0 Å². The van der Waals surface area contributed by atoms with Crippen molar-refractivity contribution >= 4 is 27.5 Å². The fourth-order valence-electron chi connectivity index (χ4n) is 1.34. The van der Waals surface area contributed by atoms with Gasteiger partial charge in [0.25, 0.3) is 0 Å². The smallest absolute Gasteiger partial charge is 0.409 e. The molecule has 0 aliphatic rings. The van der Waals surface area contributed by atoms with E-state index in [0.29, 0.717) is 12.1 Å². The fraction of sp³-hybridized carbons (Fsp3) is 0.300. The van der Waals surface area contributed by atoms with Gasteiger partial charge < -0.3 is 10.9 Å². The average Bonchev–Trinajstić information content (AvgIpc) is 2.35. The Bertz CT molecular complexity index is 661. The number of alkyl halides is 3. The van der Waals surface area contributed by atoms with E-state index in [0.717, 1.165) is 6.07 Å². The maximum absolute atomic E-state index is 12.5. The summed E-state index contributed by atoms with van der Waals surface area (Å²) >= 11 is 5.59. The Kier molecular flexibility index (Phi) is 5.07. The third kappa shape index (κ3) is 4.22. The number of nitrogens with zero attached hydrogens (tertiary/aromatic N) is 1. The third-order valence-corrected chi connectivity index (χ3v) is 4.46. The minimum Gasteiger partial charge on any atom is -0.409 e. The van der Waals surface area contributed by atoms with E-state index in [2.05, 4.69) is 5.16 Å². The number of benzene rings is 1. The van der Waals surface area contributed by atoms with Gasteiger partial charge in [0.15, 0.2) is 5.84 Å². The van der Waals surface area contributed by atoms with Crippen molar-refractivity contribution in [2.75, 3.05) is 0 Å². The predicted molar refractivity (Wildman–Crippen MR) is 69.6 cm³/mol. The molecule has 0 saturated heterocycles. The van der Waals surface area contributed by atoms with Crippen molar-refractivity contribution in [1.29, 1.82) is 0 Å². The highest BCUT2D eigenvalue weighted by atomic mass is 35.5. The molecule has 0 heterocycles. The average molecular weight is 346 g/mol. The summed E-state index contributed by atoms with van der Waals surface area (Å²) in [5.41, 5.74) is 4.14. The molecule has 0 aromatic heterocycles. The van der Waals surface area contributed by atoms with Crippen LogP contribution in [0.5, 0.6) is 0 Å². The van der Waals surface area contributed by atoms with E-state index >= 15 is 0 Å². The third-order valence-electron chi connectivity index (χ3n) is 2.44. The molecule has 0 bridgehead atoms. The van der Waals surface area contributed by atoms with Crippen LogP contribution in [-0.2, 0) is 16.2 Å². The zero-order valence-corrected chi connectivity index (χ0v) is 12.1. The lowest BCUT2D eigenvalue weighted by Crippen LogP contribution is -2.42. The lowest BCUT2D eigenvalue weighted by molar-refractivity contribution is -0.137. The van der Waals surface area contributed by atoms with E-state index in [1.54, 1.807) is 0 Å². The van der Waals surface area contributed by atoms with Gasteiger partial charge in [-0.25, -0.2) is 13.1 Å². The molecule has 0 spiro atoms. The molecule has 0 aliphatic carbocycles. The van der Waals surface area contributed by atoms with Gasteiger partial charge in [0.1, 0.15) is 4.90 Å². The van der Waals surface area contributed by atoms with Crippen molar-refractivity contribution in [1.82, 2.24) is 4.72 Å². The molecule has 4 N–H and O–H groups in total. The van der Waals surface area contributed by atoms with E-state index in [-0.39, 0.29) is 0 Å². The Hall–Kier alpha value is -1.52. The monoisotopic (exact) mass is 345 g/mol. The maximum Gasteiger partial charge on any atom is 0.416 e. The number of hydrogen-bond acceptors (Lipinski definition) is 4. The van der Waals surface area contributed by atoms with E-state index in [1.807, 2.05) is 4.72 Å². The number of sulfonamides is 1. The zero-order chi connectivity index (χ0) is 16.4. The van der Waals surface area contributed by atoms with Crippen LogP contribution in [-0.4, -0.2) is 25.5 Å². The van der Waals surface area contributed by atoms with Gasteiger partial charge in [-0.15, -0.1) is 0 Å². The highest BCUT2D eigenvalue weighted by Crippen LogP contribution is 2.33. The van der Waals surface area contributed by atoms with E-state index < -0.39 is 43.6 Å². The van der Waals surface area contributed by atoms with Crippen molar-refractivity contribution < 1.29 is 26.8 Å². The van der Waals surface area contributed by atoms with Gasteiger partial charge in [-0.05, 0) is 25.1 Å². The maximum atomic E-state index is 12.5. The molecule has 11 heteroatoms. The highest BCUT2D eigenvalue weighted by Gasteiger charge is 2.32. The van der Waals surface area contributed by atoms with Crippen molar-refractivity contribution in [2.24, 2.45) is 10.9 Å². The lowest BCUT2D eigenvalue weighted by Gasteiger charge is -2.14. The second kappa shape index (κ2) is 6.08. The van der Waals surface area contributed by atoms with Crippen LogP contribution in [0.15, 0.2) is 28.3 Å². The minimum absolute atomic E-state index is 0.415. The van der Waals surface area contributed by atoms with Crippen LogP contribution in [0.2, 0.25) is 5.02 Å². The lowest BCUT2D eigenvalue weighted by atomic mass is 10.2. The minimum atomic E-state index is -4.64. The molecule has 0 amide bonds. The number of amidine groups is 1. The van der Waals surface area contributed by atoms with Crippen LogP contribution in [0.1, 0.15) is 12.5 Å². The molecular weight excluding hydrogens is 335 g/mol. The zero-order valence-electron chi connectivity index (χ0n) is 10.5. The number of nitrogens with two attached hydrogens (primary N) is 1. The van der Waals surface area contributed by atoms with Gasteiger partial charge in [-0.3, -0.25) is 0 Å². The standard InChI is InChI=1S/C10H11ClF3N3O3S/c1-5(9(15)16-18)17-21(19,20)8-3-2-6(4-7(8)11)10(12,13)14/h2-5,17-18H,1H3,(H2,15,16). The Labute approximate surface area is 123 Å². The molecule has 0 aliphatic heterocycles. The van der Waals surface area contributed by atoms with E-state index in [1.165, 1.54) is 6.92 Å². The van der Waals surface area contributed by atoms with Crippen molar-refractivity contribution in [3.63, 3.8) is 0 Å². The molecule has 0 fully saturated rings. The summed E-state index contributed by atoms with van der Waals surface area (Å²) in [5, 5.41) is 10.5. The SMILES string of the molecule is CC(NS(=O)(=O)c1ccc(C(F)(F)F)cc1Cl)C(N)=NO. The van der Waals surface area contributed by atoms with Gasteiger partial charge in [0, 0.05) is 0 Å². The summed E-state index contributed by atoms with van der Waals surface area (Å²) in [6.07, 6.45) is -4.64. The quantitative estimate of drug-likeness (QED) is 0.335. The highest BCUT2D eigenvalue weighted by molar-refractivity contribution is 7.89. The van der Waals surface area contributed by atoms with Crippen LogP contribution in [0, 0.1) is 0 Å². The first-order valence-electron chi connectivity index (χ1n) is 5.35. The Morgan fingerprint density at radius 2 is 2.05 bits per heavy atom. The molecule has 0 saturated carbocycles. The summed E-state index contributed by atoms with van der Waals surface area (Å²) in [7, 11) is -4.23. The van der Waals surface area contributed by atoms with Crippen LogP contribution in [0.4, 0.5) is 13.2 Å². The van der Waals surface area contributed by atoms with Crippen LogP contribution >= 0.6 is 11.6 Å². The van der Waals surface area contributed by atoms with E-state index in [4.69, 9.17) is 22.5 Å². The Balaban J connectivity index is 3.16. The van der Waals surface area contributed by atoms with Crippen molar-refractivity contribution in [3.8, 4) is 0 Å². The molecule has 1 rings (SSSR count). The summed E-state index contributed by atoms with van der Waals surface area (Å²) in [6, 6.07) is 0.754. The summed E-state index contributed by atoms with van der Waals surface area (Å²) in [5.74, 6) is -0.415. The molecular formula is C10H11ClF3N3O3S. The molecule has 1 atom stereocenters. The second-order valence-electron chi connectivity index (χ2n) is 4.01. The van der Waals surface area contributed by atoms with Gasteiger partial charge in [-0.2, -0.15) is 13.2 Å². The van der Waals surface area contributed by atoms with Crippen LogP contribution < -0.4 is 10.5 Å². The molecule has 0 radical (unpaired) electrons. The van der Waals surface area contributed by atoms with Gasteiger partial charge >= 0.3 is 6.18 Å². The largest absolute Gasteiger partial charge is 0.416 e. The fourth-order valence-corrected chi connectivity index (χ4v) is 3.10. The molecule has 6 nitrogen and oxygen atoms in total.